The molecule has 4 aromatic rings. The van der Waals surface area contributed by atoms with E-state index in [0.717, 1.165) is 16.1 Å². The summed E-state index contributed by atoms with van der Waals surface area (Å²) in [6.07, 6.45) is 0.858. The number of benzene rings is 2. The molecule has 0 saturated carbocycles. The average Bonchev–Trinajstić information content (AvgIpc) is 3.32. The summed E-state index contributed by atoms with van der Waals surface area (Å²) in [5.74, 6) is 1.06. The number of aromatic nitrogens is 3. The molecule has 2 heterocycles. The molecule has 4 rings (SSSR count). The van der Waals surface area contributed by atoms with Crippen molar-refractivity contribution in [2.24, 2.45) is 0 Å². The third kappa shape index (κ3) is 4.07. The van der Waals surface area contributed by atoms with E-state index in [2.05, 4.69) is 10.1 Å². The summed E-state index contributed by atoms with van der Waals surface area (Å²) in [5, 5.41) is 6.42. The summed E-state index contributed by atoms with van der Waals surface area (Å²) in [6, 6.07) is 17.9. The van der Waals surface area contributed by atoms with E-state index in [0.29, 0.717) is 30.1 Å². The zero-order chi connectivity index (χ0) is 19.5. The normalized spacial score (nSPS) is 10.9. The van der Waals surface area contributed by atoms with Crippen LogP contribution >= 0.6 is 11.3 Å². The number of rotatable bonds is 6. The summed E-state index contributed by atoms with van der Waals surface area (Å²) in [7, 11) is 0. The van der Waals surface area contributed by atoms with Gasteiger partial charge < -0.3 is 0 Å². The number of Topliss-reactive ketones (excluding diaryl/α,β-unsaturated/α-hetero) is 1. The van der Waals surface area contributed by atoms with Crippen LogP contribution in [0.15, 0.2) is 66.0 Å². The van der Waals surface area contributed by atoms with Crippen LogP contribution in [0.4, 0.5) is 4.39 Å². The molecule has 0 amide bonds. The molecule has 4 nitrogen and oxygen atoms in total. The Morgan fingerprint density at radius 2 is 1.89 bits per heavy atom. The number of carbonyl (C=O) groups excluding carboxylic acids is 1. The minimum Gasteiger partial charge on any atom is -0.299 e. The maximum absolute atomic E-state index is 13.6. The fourth-order valence-corrected chi connectivity index (χ4v) is 3.80. The van der Waals surface area contributed by atoms with Crippen LogP contribution in [0.3, 0.4) is 0 Å². The number of ketones is 1. The lowest BCUT2D eigenvalue weighted by molar-refractivity contribution is -0.117. The highest BCUT2D eigenvalue weighted by molar-refractivity contribution is 7.10. The minimum atomic E-state index is -0.315. The molecule has 0 aliphatic rings. The highest BCUT2D eigenvalue weighted by Gasteiger charge is 2.13. The second-order valence-electron chi connectivity index (χ2n) is 6.54. The highest BCUT2D eigenvalue weighted by Crippen LogP contribution is 2.22. The Labute approximate surface area is 166 Å². The molecule has 0 bridgehead atoms. The van der Waals surface area contributed by atoms with E-state index < -0.39 is 0 Å². The molecule has 0 aliphatic carbocycles. The molecule has 0 fully saturated rings. The Hall–Kier alpha value is -3.12. The van der Waals surface area contributed by atoms with Crippen molar-refractivity contribution in [3.8, 4) is 17.1 Å². The van der Waals surface area contributed by atoms with Gasteiger partial charge in [-0.15, -0.1) is 11.3 Å². The van der Waals surface area contributed by atoms with Crippen molar-refractivity contribution in [1.29, 1.82) is 0 Å². The molecule has 2 aromatic carbocycles. The monoisotopic (exact) mass is 391 g/mol. The molecule has 0 radical (unpaired) electrons. The van der Waals surface area contributed by atoms with Crippen LogP contribution in [-0.2, 0) is 17.6 Å². The van der Waals surface area contributed by atoms with Gasteiger partial charge in [-0.2, -0.15) is 5.10 Å². The largest absolute Gasteiger partial charge is 0.299 e. The van der Waals surface area contributed by atoms with Gasteiger partial charge in [-0.25, -0.2) is 14.1 Å². The van der Waals surface area contributed by atoms with Gasteiger partial charge in [0.25, 0.3) is 0 Å². The lowest BCUT2D eigenvalue weighted by atomic mass is 10.1. The van der Waals surface area contributed by atoms with Crippen LogP contribution in [0.2, 0.25) is 0 Å². The molecule has 28 heavy (non-hydrogen) atoms. The molecule has 0 unspecified atom stereocenters. The quantitative estimate of drug-likeness (QED) is 0.474. The SMILES string of the molecule is Cc1nc(-c2cccc(F)c2)n(-c2ccc(CC(=O)Cc3cccs3)cc2)n1. The Balaban J connectivity index is 1.55. The fraction of sp³-hybridized carbons (Fsp3) is 0.136. The molecular weight excluding hydrogens is 373 g/mol. The third-order valence-electron chi connectivity index (χ3n) is 4.33. The van der Waals surface area contributed by atoms with Crippen LogP contribution in [0.1, 0.15) is 16.3 Å². The Morgan fingerprint density at radius 1 is 1.07 bits per heavy atom. The topological polar surface area (TPSA) is 47.8 Å². The number of halogens is 1. The van der Waals surface area contributed by atoms with Gasteiger partial charge in [-0.1, -0.05) is 30.3 Å². The lowest BCUT2D eigenvalue weighted by Crippen LogP contribution is -2.06. The van der Waals surface area contributed by atoms with Crippen molar-refractivity contribution in [2.45, 2.75) is 19.8 Å². The van der Waals surface area contributed by atoms with E-state index in [1.165, 1.54) is 12.1 Å². The van der Waals surface area contributed by atoms with Crippen molar-refractivity contribution in [3.63, 3.8) is 0 Å². The van der Waals surface area contributed by atoms with Crippen LogP contribution in [-0.4, -0.2) is 20.5 Å². The Morgan fingerprint density at radius 3 is 2.61 bits per heavy atom. The summed E-state index contributed by atoms with van der Waals surface area (Å²) in [6.45, 7) is 1.80. The Kier molecular flexibility index (Phi) is 5.12. The number of aryl methyl sites for hydroxylation is 1. The van der Waals surface area contributed by atoms with E-state index in [1.54, 1.807) is 35.1 Å². The second-order valence-corrected chi connectivity index (χ2v) is 7.58. The van der Waals surface area contributed by atoms with Gasteiger partial charge >= 0.3 is 0 Å². The number of hydrogen-bond donors (Lipinski definition) is 0. The van der Waals surface area contributed by atoms with Gasteiger partial charge in [-0.05, 0) is 48.2 Å². The second kappa shape index (κ2) is 7.86. The van der Waals surface area contributed by atoms with Crippen LogP contribution < -0.4 is 0 Å². The standard InChI is InChI=1S/C22H18FN3OS/c1-15-24-22(17-4-2-5-18(23)13-17)26(25-15)19-9-7-16(8-10-19)12-20(27)14-21-6-3-11-28-21/h2-11,13H,12,14H2,1H3. The highest BCUT2D eigenvalue weighted by atomic mass is 32.1. The molecule has 0 saturated heterocycles. The minimum absolute atomic E-state index is 0.187. The zero-order valence-electron chi connectivity index (χ0n) is 15.3. The maximum Gasteiger partial charge on any atom is 0.163 e. The van der Waals surface area contributed by atoms with Crippen molar-refractivity contribution < 1.29 is 9.18 Å². The van der Waals surface area contributed by atoms with E-state index in [4.69, 9.17) is 0 Å². The van der Waals surface area contributed by atoms with Gasteiger partial charge in [0.05, 0.1) is 5.69 Å². The van der Waals surface area contributed by atoms with E-state index in [1.807, 2.05) is 41.8 Å². The maximum atomic E-state index is 13.6. The van der Waals surface area contributed by atoms with Crippen LogP contribution in [0.25, 0.3) is 17.1 Å². The first-order valence-electron chi connectivity index (χ1n) is 8.91. The van der Waals surface area contributed by atoms with Gasteiger partial charge in [0.15, 0.2) is 5.82 Å². The van der Waals surface area contributed by atoms with Crippen molar-refractivity contribution in [2.75, 3.05) is 0 Å². The first kappa shape index (κ1) is 18.3. The Bertz CT molecular complexity index is 1100. The first-order chi connectivity index (χ1) is 13.6. The predicted octanol–water partition coefficient (Wildman–Crippen LogP) is 4.80. The van der Waals surface area contributed by atoms with E-state index in [9.17, 15) is 9.18 Å². The molecule has 0 aliphatic heterocycles. The van der Waals surface area contributed by atoms with Crippen molar-refractivity contribution in [1.82, 2.24) is 14.8 Å². The summed E-state index contributed by atoms with van der Waals surface area (Å²) in [5.41, 5.74) is 2.43. The summed E-state index contributed by atoms with van der Waals surface area (Å²) in [4.78, 5) is 17.8. The summed E-state index contributed by atoms with van der Waals surface area (Å²) >= 11 is 1.60. The average molecular weight is 391 g/mol. The predicted molar refractivity (Wildman–Crippen MR) is 108 cm³/mol. The van der Waals surface area contributed by atoms with Gasteiger partial charge in [0, 0.05) is 23.3 Å². The number of nitrogens with zero attached hydrogens (tertiary/aromatic N) is 3. The molecule has 6 heteroatoms. The molecule has 140 valence electrons. The van der Waals surface area contributed by atoms with E-state index in [-0.39, 0.29) is 11.6 Å². The fourth-order valence-electron chi connectivity index (χ4n) is 3.06. The summed E-state index contributed by atoms with van der Waals surface area (Å²) < 4.78 is 15.3. The zero-order valence-corrected chi connectivity index (χ0v) is 16.1. The van der Waals surface area contributed by atoms with Gasteiger partial charge in [0.2, 0.25) is 0 Å². The molecule has 0 atom stereocenters. The molecule has 0 spiro atoms. The van der Waals surface area contributed by atoms with Gasteiger partial charge in [0.1, 0.15) is 17.4 Å². The van der Waals surface area contributed by atoms with Gasteiger partial charge in [-0.3, -0.25) is 4.79 Å². The molecule has 0 N–H and O–H groups in total. The lowest BCUT2D eigenvalue weighted by Gasteiger charge is -2.07. The molecular formula is C22H18FN3OS. The molecule has 2 aromatic heterocycles. The first-order valence-corrected chi connectivity index (χ1v) is 9.79. The van der Waals surface area contributed by atoms with Crippen LogP contribution in [0.5, 0.6) is 0 Å². The number of carbonyl (C=O) groups is 1. The number of hydrogen-bond acceptors (Lipinski definition) is 4. The van der Waals surface area contributed by atoms with Crippen molar-refractivity contribution >= 4 is 17.1 Å². The van der Waals surface area contributed by atoms with Crippen LogP contribution in [0, 0.1) is 12.7 Å². The smallest absolute Gasteiger partial charge is 0.163 e. The number of thiophene rings is 1. The third-order valence-corrected chi connectivity index (χ3v) is 5.21. The van der Waals surface area contributed by atoms with E-state index >= 15 is 0 Å². The van der Waals surface area contributed by atoms with Crippen molar-refractivity contribution in [3.05, 3.63) is 88.1 Å².